The zero-order chi connectivity index (χ0) is 33.5. The minimum atomic E-state index is -0.631. The third-order valence-corrected chi connectivity index (χ3v) is 11.1. The first-order valence-electron chi connectivity index (χ1n) is 17.5. The molecule has 0 atom stereocenters. The summed E-state index contributed by atoms with van der Waals surface area (Å²) in [6.07, 6.45) is 3.96. The first-order chi connectivity index (χ1) is 25.3. The van der Waals surface area contributed by atoms with E-state index in [2.05, 4.69) is 190 Å². The molecular weight excluding hydrogens is 619 g/mol. The molecule has 3 heteroatoms. The summed E-state index contributed by atoms with van der Waals surface area (Å²) in [6, 6.07) is 64.7. The lowest BCUT2D eigenvalue weighted by Crippen LogP contribution is -2.35. The number of aromatic nitrogens is 3. The van der Waals surface area contributed by atoms with E-state index in [0.29, 0.717) is 0 Å². The lowest BCUT2D eigenvalue weighted by molar-refractivity contribution is 0.727. The maximum absolute atomic E-state index is 4.66. The Morgan fingerprint density at radius 2 is 1.00 bits per heavy atom. The SMILES string of the molecule is c1ccc(-c2cc3c4c(c2)c2cnccc2n4-c2ccc(-n4c5ccccc5c5ccccc54)cc2C3(c2ccccc2)c2ccccc2)cc1. The zero-order valence-corrected chi connectivity index (χ0v) is 27.7. The number of hydrogen-bond acceptors (Lipinski definition) is 1. The summed E-state index contributed by atoms with van der Waals surface area (Å²) in [5.74, 6) is 0. The number of para-hydroxylation sites is 2. The molecule has 7 aromatic carbocycles. The van der Waals surface area contributed by atoms with Gasteiger partial charge in [-0.15, -0.1) is 0 Å². The molecule has 0 radical (unpaired) electrons. The van der Waals surface area contributed by atoms with Gasteiger partial charge in [-0.1, -0.05) is 127 Å². The van der Waals surface area contributed by atoms with Crippen molar-refractivity contribution in [3.63, 3.8) is 0 Å². The quantitative estimate of drug-likeness (QED) is 0.186. The second-order valence-electron chi connectivity index (χ2n) is 13.6. The average Bonchev–Trinajstić information content (AvgIpc) is 3.73. The molecule has 0 spiro atoms. The summed E-state index contributed by atoms with van der Waals surface area (Å²) in [6.45, 7) is 0. The van der Waals surface area contributed by atoms with Crippen LogP contribution in [0.1, 0.15) is 22.3 Å². The van der Waals surface area contributed by atoms with Crippen molar-refractivity contribution in [2.24, 2.45) is 0 Å². The standard InChI is InChI=1S/C48H31N3/c1-4-14-32(15-5-1)33-28-39-40-31-49-27-26-45(40)51-46-25-24-36(50-43-22-12-10-20-37(43)38-21-11-13-23-44(38)50)30-41(46)48(42(29-33)47(39)51,34-16-6-2-7-17-34)35-18-8-3-9-19-35/h1-31H. The van der Waals surface area contributed by atoms with Gasteiger partial charge in [-0.3, -0.25) is 4.98 Å². The minimum Gasteiger partial charge on any atom is -0.309 e. The molecule has 1 aliphatic heterocycles. The molecule has 0 amide bonds. The van der Waals surface area contributed by atoms with Crippen molar-refractivity contribution in [3.8, 4) is 22.5 Å². The maximum Gasteiger partial charge on any atom is 0.0743 e. The van der Waals surface area contributed by atoms with Gasteiger partial charge in [0.1, 0.15) is 0 Å². The molecule has 238 valence electrons. The number of hydrogen-bond donors (Lipinski definition) is 0. The average molecular weight is 650 g/mol. The fraction of sp³-hybridized carbons (Fsp3) is 0.0208. The lowest BCUT2D eigenvalue weighted by Gasteiger charge is -2.42. The molecule has 3 nitrogen and oxygen atoms in total. The normalized spacial score (nSPS) is 13.3. The second kappa shape index (κ2) is 10.6. The highest BCUT2D eigenvalue weighted by atomic mass is 15.0. The van der Waals surface area contributed by atoms with Gasteiger partial charge in [0.25, 0.3) is 0 Å². The lowest BCUT2D eigenvalue weighted by atomic mass is 9.62. The molecule has 0 N–H and O–H groups in total. The number of pyridine rings is 1. The first kappa shape index (κ1) is 28.2. The summed E-state index contributed by atoms with van der Waals surface area (Å²) < 4.78 is 4.93. The van der Waals surface area contributed by atoms with E-state index in [9.17, 15) is 0 Å². The Labute approximate surface area is 295 Å². The van der Waals surface area contributed by atoms with Gasteiger partial charge >= 0.3 is 0 Å². The van der Waals surface area contributed by atoms with Gasteiger partial charge in [-0.25, -0.2) is 0 Å². The summed E-state index contributed by atoms with van der Waals surface area (Å²) >= 11 is 0. The highest BCUT2D eigenvalue weighted by Gasteiger charge is 2.46. The molecule has 11 rings (SSSR count). The Hall–Kier alpha value is -6.71. The van der Waals surface area contributed by atoms with E-state index in [1.54, 1.807) is 0 Å². The van der Waals surface area contributed by atoms with E-state index >= 15 is 0 Å². The molecule has 0 fully saturated rings. The van der Waals surface area contributed by atoms with Gasteiger partial charge in [-0.2, -0.15) is 0 Å². The number of rotatable bonds is 4. The van der Waals surface area contributed by atoms with Crippen LogP contribution in [-0.4, -0.2) is 14.1 Å². The topological polar surface area (TPSA) is 22.8 Å². The predicted octanol–water partition coefficient (Wildman–Crippen LogP) is 11.6. The summed E-state index contributed by atoms with van der Waals surface area (Å²) in [4.78, 5) is 4.66. The van der Waals surface area contributed by atoms with Crippen molar-refractivity contribution < 1.29 is 0 Å². The molecule has 4 heterocycles. The van der Waals surface area contributed by atoms with Crippen molar-refractivity contribution in [1.29, 1.82) is 0 Å². The van der Waals surface area contributed by atoms with Crippen molar-refractivity contribution in [1.82, 2.24) is 14.1 Å². The molecule has 3 aromatic heterocycles. The predicted molar refractivity (Wildman–Crippen MR) is 210 cm³/mol. The number of benzene rings is 7. The number of fused-ring (bicyclic) bond motifs is 8. The highest BCUT2D eigenvalue weighted by molar-refractivity contribution is 6.13. The van der Waals surface area contributed by atoms with Gasteiger partial charge in [0.15, 0.2) is 0 Å². The van der Waals surface area contributed by atoms with Gasteiger partial charge in [0.05, 0.1) is 33.2 Å². The Morgan fingerprint density at radius 3 is 1.67 bits per heavy atom. The van der Waals surface area contributed by atoms with E-state index in [1.165, 1.54) is 71.8 Å². The Bertz CT molecular complexity index is 2860. The van der Waals surface area contributed by atoms with Crippen LogP contribution in [0.3, 0.4) is 0 Å². The van der Waals surface area contributed by atoms with Gasteiger partial charge in [0, 0.05) is 39.6 Å². The van der Waals surface area contributed by atoms with Crippen molar-refractivity contribution in [2.45, 2.75) is 5.41 Å². The molecule has 51 heavy (non-hydrogen) atoms. The van der Waals surface area contributed by atoms with Crippen molar-refractivity contribution >= 4 is 43.6 Å². The van der Waals surface area contributed by atoms with Crippen LogP contribution in [0, 0.1) is 0 Å². The van der Waals surface area contributed by atoms with Crippen LogP contribution in [0.5, 0.6) is 0 Å². The largest absolute Gasteiger partial charge is 0.309 e. The van der Waals surface area contributed by atoms with Crippen molar-refractivity contribution in [3.05, 3.63) is 211 Å². The zero-order valence-electron chi connectivity index (χ0n) is 27.7. The molecule has 0 unspecified atom stereocenters. The fourth-order valence-electron chi connectivity index (χ4n) is 8.99. The summed E-state index contributed by atoms with van der Waals surface area (Å²) in [7, 11) is 0. The Kier molecular flexibility index (Phi) is 5.88. The monoisotopic (exact) mass is 649 g/mol. The van der Waals surface area contributed by atoms with Crippen LogP contribution in [0.4, 0.5) is 0 Å². The minimum absolute atomic E-state index is 0.631. The van der Waals surface area contributed by atoms with Crippen LogP contribution < -0.4 is 0 Å². The molecule has 0 bridgehead atoms. The summed E-state index contributed by atoms with van der Waals surface area (Å²) in [5.41, 5.74) is 13.8. The van der Waals surface area contributed by atoms with Crippen LogP contribution in [-0.2, 0) is 5.41 Å². The van der Waals surface area contributed by atoms with Gasteiger partial charge in [-0.05, 0) is 81.9 Å². The van der Waals surface area contributed by atoms with Crippen LogP contribution in [0.25, 0.3) is 66.1 Å². The molecular formula is C48H31N3. The summed E-state index contributed by atoms with van der Waals surface area (Å²) in [5, 5.41) is 4.88. The third kappa shape index (κ3) is 3.80. The highest BCUT2D eigenvalue weighted by Crippen LogP contribution is 2.55. The smallest absolute Gasteiger partial charge is 0.0743 e. The van der Waals surface area contributed by atoms with E-state index in [1.807, 2.05) is 12.4 Å². The van der Waals surface area contributed by atoms with Crippen LogP contribution in [0.15, 0.2) is 188 Å². The molecule has 0 aliphatic carbocycles. The van der Waals surface area contributed by atoms with E-state index in [-0.39, 0.29) is 0 Å². The molecule has 1 aliphatic rings. The first-order valence-corrected chi connectivity index (χ1v) is 17.5. The van der Waals surface area contributed by atoms with Gasteiger partial charge in [0.2, 0.25) is 0 Å². The second-order valence-corrected chi connectivity index (χ2v) is 13.6. The Balaban J connectivity index is 1.36. The third-order valence-electron chi connectivity index (χ3n) is 11.1. The molecule has 0 saturated heterocycles. The van der Waals surface area contributed by atoms with Crippen molar-refractivity contribution in [2.75, 3.05) is 0 Å². The maximum atomic E-state index is 4.66. The molecule has 10 aromatic rings. The molecule has 0 saturated carbocycles. The number of nitrogens with zero attached hydrogens (tertiary/aromatic N) is 3. The van der Waals surface area contributed by atoms with Crippen LogP contribution in [0.2, 0.25) is 0 Å². The fourth-order valence-corrected chi connectivity index (χ4v) is 8.99. The van der Waals surface area contributed by atoms with E-state index in [4.69, 9.17) is 0 Å². The van der Waals surface area contributed by atoms with E-state index < -0.39 is 5.41 Å². The van der Waals surface area contributed by atoms with Crippen LogP contribution >= 0.6 is 0 Å². The van der Waals surface area contributed by atoms with E-state index in [0.717, 1.165) is 16.6 Å². The Morgan fingerprint density at radius 1 is 0.412 bits per heavy atom. The van der Waals surface area contributed by atoms with Gasteiger partial charge < -0.3 is 9.13 Å².